The van der Waals surface area contributed by atoms with Gasteiger partial charge in [0, 0.05) is 30.9 Å². The lowest BCUT2D eigenvalue weighted by Crippen LogP contribution is -2.35. The van der Waals surface area contributed by atoms with Crippen LogP contribution < -0.4 is 10.6 Å². The summed E-state index contributed by atoms with van der Waals surface area (Å²) in [4.78, 5) is 34.2. The van der Waals surface area contributed by atoms with E-state index in [-0.39, 0.29) is 17.7 Å². The number of carbonyl (C=O) groups is 2. The van der Waals surface area contributed by atoms with Crippen LogP contribution in [-0.2, 0) is 29.0 Å². The van der Waals surface area contributed by atoms with Gasteiger partial charge < -0.3 is 10.6 Å². The molecule has 1 fully saturated rings. The third-order valence-electron chi connectivity index (χ3n) is 8.40. The van der Waals surface area contributed by atoms with Crippen molar-refractivity contribution in [3.63, 3.8) is 0 Å². The van der Waals surface area contributed by atoms with Gasteiger partial charge in [-0.15, -0.1) is 11.3 Å². The Morgan fingerprint density at radius 2 is 1.62 bits per heavy atom. The molecule has 0 saturated carbocycles. The fraction of sp³-hybridized carbons (Fsp3) is 0.343. The van der Waals surface area contributed by atoms with Crippen molar-refractivity contribution in [1.82, 2.24) is 15.2 Å². The molecule has 3 aromatic carbocycles. The van der Waals surface area contributed by atoms with Crippen LogP contribution in [0.5, 0.6) is 0 Å². The van der Waals surface area contributed by atoms with Gasteiger partial charge in [-0.05, 0) is 66.8 Å². The Kier molecular flexibility index (Phi) is 9.06. The van der Waals surface area contributed by atoms with Crippen LogP contribution in [0.2, 0.25) is 0 Å². The van der Waals surface area contributed by atoms with E-state index in [1.807, 2.05) is 36.4 Å². The van der Waals surface area contributed by atoms with Crippen molar-refractivity contribution in [2.75, 3.05) is 25.0 Å². The Bertz CT molecular complexity index is 1490. The van der Waals surface area contributed by atoms with E-state index in [0.29, 0.717) is 30.4 Å². The highest BCUT2D eigenvalue weighted by molar-refractivity contribution is 7.15. The predicted octanol–water partition coefficient (Wildman–Crippen LogP) is 6.44. The zero-order valence-electron chi connectivity index (χ0n) is 23.9. The summed E-state index contributed by atoms with van der Waals surface area (Å²) in [6, 6.07) is 29.4. The SMILES string of the molecule is O=C(CCc1ccccc1)Nc1nc2c(s1)CCCC2C(=O)NCC1CCN(Cc2ccc(-c3ccccc3)cc2)C1. The second-order valence-electron chi connectivity index (χ2n) is 11.5. The molecule has 7 heteroatoms. The minimum absolute atomic E-state index is 0.0381. The molecular formula is C35H38N4O2S. The molecular weight excluding hydrogens is 540 g/mol. The van der Waals surface area contributed by atoms with E-state index in [0.717, 1.165) is 61.5 Å². The first-order valence-electron chi connectivity index (χ1n) is 15.1. The molecule has 1 aliphatic carbocycles. The van der Waals surface area contributed by atoms with Crippen LogP contribution >= 0.6 is 11.3 Å². The number of aryl methyl sites for hydroxylation is 2. The Balaban J connectivity index is 0.969. The van der Waals surface area contributed by atoms with Crippen molar-refractivity contribution in [1.29, 1.82) is 0 Å². The van der Waals surface area contributed by atoms with Crippen molar-refractivity contribution in [2.24, 2.45) is 5.92 Å². The van der Waals surface area contributed by atoms with E-state index in [1.54, 1.807) is 0 Å². The molecule has 6 nitrogen and oxygen atoms in total. The summed E-state index contributed by atoms with van der Waals surface area (Å²) in [5.74, 6) is 0.248. The zero-order chi connectivity index (χ0) is 28.7. The third kappa shape index (κ3) is 7.15. The highest BCUT2D eigenvalue weighted by Gasteiger charge is 2.31. The number of carbonyl (C=O) groups excluding carboxylic acids is 2. The van der Waals surface area contributed by atoms with Gasteiger partial charge >= 0.3 is 0 Å². The quantitative estimate of drug-likeness (QED) is 0.227. The van der Waals surface area contributed by atoms with Gasteiger partial charge in [-0.1, -0.05) is 84.9 Å². The number of anilines is 1. The number of fused-ring (bicyclic) bond motifs is 1. The molecule has 4 aromatic rings. The minimum Gasteiger partial charge on any atom is -0.355 e. The molecule has 2 unspecified atom stereocenters. The van der Waals surface area contributed by atoms with Crippen LogP contribution in [0.3, 0.4) is 0 Å². The number of likely N-dealkylation sites (tertiary alicyclic amines) is 1. The number of nitrogens with zero attached hydrogens (tertiary/aromatic N) is 2. The van der Waals surface area contributed by atoms with E-state index in [4.69, 9.17) is 4.98 Å². The number of amides is 2. The molecule has 0 spiro atoms. The van der Waals surface area contributed by atoms with E-state index in [1.165, 1.54) is 28.0 Å². The maximum atomic E-state index is 13.3. The van der Waals surface area contributed by atoms with Gasteiger partial charge in [0.1, 0.15) is 0 Å². The average Bonchev–Trinajstić information content (AvgIpc) is 3.66. The number of thiazole rings is 1. The van der Waals surface area contributed by atoms with Gasteiger partial charge in [-0.25, -0.2) is 4.98 Å². The topological polar surface area (TPSA) is 74.3 Å². The van der Waals surface area contributed by atoms with E-state index in [9.17, 15) is 9.59 Å². The molecule has 2 N–H and O–H groups in total. The summed E-state index contributed by atoms with van der Waals surface area (Å²) >= 11 is 1.52. The van der Waals surface area contributed by atoms with Gasteiger partial charge in [-0.2, -0.15) is 0 Å². The lowest BCUT2D eigenvalue weighted by molar-refractivity contribution is -0.123. The molecule has 216 valence electrons. The molecule has 0 bridgehead atoms. The standard InChI is InChI=1S/C35H38N4O2S/c40-32(19-16-25-8-3-1-4-9-25)37-35-38-33-30(12-7-13-31(33)42-35)34(41)36-22-27-20-21-39(24-27)23-26-14-17-29(18-15-26)28-10-5-2-6-11-28/h1-6,8-11,14-15,17-18,27,30H,7,12-13,16,19-24H2,(H,36,41)(H,37,38,40). The van der Waals surface area contributed by atoms with Crippen molar-refractivity contribution >= 4 is 28.3 Å². The van der Waals surface area contributed by atoms with Crippen molar-refractivity contribution in [3.8, 4) is 11.1 Å². The monoisotopic (exact) mass is 578 g/mol. The fourth-order valence-corrected chi connectivity index (χ4v) is 7.18. The first kappa shape index (κ1) is 28.3. The van der Waals surface area contributed by atoms with E-state index in [2.05, 4.69) is 64.1 Å². The normalized spacial score (nSPS) is 18.4. The molecule has 1 aliphatic heterocycles. The first-order valence-corrected chi connectivity index (χ1v) is 15.9. The minimum atomic E-state index is -0.236. The Hall–Kier alpha value is -3.81. The smallest absolute Gasteiger partial charge is 0.229 e. The van der Waals surface area contributed by atoms with Gasteiger partial charge in [0.25, 0.3) is 0 Å². The Labute approximate surface area is 252 Å². The summed E-state index contributed by atoms with van der Waals surface area (Å²) in [6.45, 7) is 3.67. The van der Waals surface area contributed by atoms with Gasteiger partial charge in [0.05, 0.1) is 11.6 Å². The molecule has 2 aliphatic rings. The van der Waals surface area contributed by atoms with Crippen molar-refractivity contribution in [3.05, 3.63) is 107 Å². The number of hydrogen-bond donors (Lipinski definition) is 2. The zero-order valence-corrected chi connectivity index (χ0v) is 24.7. The lowest BCUT2D eigenvalue weighted by Gasteiger charge is -2.21. The summed E-state index contributed by atoms with van der Waals surface area (Å²) < 4.78 is 0. The van der Waals surface area contributed by atoms with Crippen LogP contribution in [0.15, 0.2) is 84.9 Å². The number of hydrogen-bond acceptors (Lipinski definition) is 5. The molecule has 6 rings (SSSR count). The van der Waals surface area contributed by atoms with Crippen LogP contribution in [0, 0.1) is 5.92 Å². The molecule has 0 radical (unpaired) electrons. The summed E-state index contributed by atoms with van der Waals surface area (Å²) in [5.41, 5.74) is 5.80. The van der Waals surface area contributed by atoms with Crippen LogP contribution in [0.4, 0.5) is 5.13 Å². The molecule has 2 amide bonds. The van der Waals surface area contributed by atoms with Crippen LogP contribution in [-0.4, -0.2) is 41.3 Å². The molecule has 42 heavy (non-hydrogen) atoms. The number of aromatic nitrogens is 1. The highest BCUT2D eigenvalue weighted by atomic mass is 32.1. The molecule has 2 heterocycles. The number of rotatable bonds is 10. The maximum Gasteiger partial charge on any atom is 0.229 e. The summed E-state index contributed by atoms with van der Waals surface area (Å²) in [7, 11) is 0. The molecule has 2 atom stereocenters. The number of nitrogens with one attached hydrogen (secondary N) is 2. The van der Waals surface area contributed by atoms with Crippen LogP contribution in [0.1, 0.15) is 53.3 Å². The van der Waals surface area contributed by atoms with E-state index >= 15 is 0 Å². The highest BCUT2D eigenvalue weighted by Crippen LogP contribution is 2.37. The first-order chi connectivity index (χ1) is 20.6. The van der Waals surface area contributed by atoms with Gasteiger partial charge in [0.15, 0.2) is 5.13 Å². The van der Waals surface area contributed by atoms with Crippen molar-refractivity contribution < 1.29 is 9.59 Å². The maximum absolute atomic E-state index is 13.3. The average molecular weight is 579 g/mol. The number of benzene rings is 3. The Morgan fingerprint density at radius 1 is 0.881 bits per heavy atom. The van der Waals surface area contributed by atoms with Gasteiger partial charge in [0.2, 0.25) is 11.8 Å². The van der Waals surface area contributed by atoms with Crippen molar-refractivity contribution in [2.45, 2.75) is 51.0 Å². The third-order valence-corrected chi connectivity index (χ3v) is 9.45. The fourth-order valence-electron chi connectivity index (χ4n) is 6.09. The van der Waals surface area contributed by atoms with Gasteiger partial charge in [-0.3, -0.25) is 14.5 Å². The molecule has 1 saturated heterocycles. The Morgan fingerprint density at radius 3 is 2.40 bits per heavy atom. The second-order valence-corrected chi connectivity index (χ2v) is 12.6. The summed E-state index contributed by atoms with van der Waals surface area (Å²) in [5, 5.41) is 6.83. The predicted molar refractivity (Wildman–Crippen MR) is 169 cm³/mol. The van der Waals surface area contributed by atoms with Crippen LogP contribution in [0.25, 0.3) is 11.1 Å². The lowest BCUT2D eigenvalue weighted by atomic mass is 9.90. The second kappa shape index (κ2) is 13.4. The summed E-state index contributed by atoms with van der Waals surface area (Å²) in [6.07, 6.45) is 4.89. The molecule has 1 aromatic heterocycles. The van der Waals surface area contributed by atoms with E-state index < -0.39 is 0 Å². The largest absolute Gasteiger partial charge is 0.355 e.